The molecule has 0 rings (SSSR count). The van der Waals surface area contributed by atoms with Crippen LogP contribution < -0.4 is 0 Å². The highest BCUT2D eigenvalue weighted by Gasteiger charge is 2.14. The fourth-order valence-electron chi connectivity index (χ4n) is 0.356. The second-order valence-corrected chi connectivity index (χ2v) is 2.31. The molecule has 0 unspecified atom stereocenters. The van der Waals surface area contributed by atoms with Crippen molar-refractivity contribution in [3.63, 3.8) is 0 Å². The van der Waals surface area contributed by atoms with Crippen LogP contribution in [0.3, 0.4) is 0 Å². The summed E-state index contributed by atoms with van der Waals surface area (Å²) in [6.07, 6.45) is 0.167. The zero-order valence-corrected chi connectivity index (χ0v) is 8.19. The summed E-state index contributed by atoms with van der Waals surface area (Å²) in [7, 11) is 0. The number of aliphatic carboxylic acids is 4. The number of carbonyl (C=O) groups excluding carboxylic acids is 1. The van der Waals surface area contributed by atoms with Gasteiger partial charge in [-0.25, -0.2) is 14.4 Å². The van der Waals surface area contributed by atoms with Crippen molar-refractivity contribution in [2.24, 2.45) is 0 Å². The molecule has 0 aliphatic heterocycles. The summed E-state index contributed by atoms with van der Waals surface area (Å²) < 4.78 is 0. The molecule has 0 radical (unpaired) electrons. The van der Waals surface area contributed by atoms with Crippen LogP contribution in [0.2, 0.25) is 0 Å². The highest BCUT2D eigenvalue weighted by atomic mass is 16.4. The number of ketones is 1. The van der Waals surface area contributed by atoms with E-state index in [1.807, 2.05) is 0 Å². The standard InChI is InChI=1S/C4H4O5.C4H4O4/c5-2(4(8)9)1-3(6)7;5-3(6)1-2-4(7)8/h1H2,(H,6,7)(H,8,9);1-2H,(H,5,6)(H,7,8)/b;2-1+. The van der Waals surface area contributed by atoms with E-state index in [2.05, 4.69) is 0 Å². The van der Waals surface area contributed by atoms with E-state index in [4.69, 9.17) is 20.4 Å². The predicted molar refractivity (Wildman–Crippen MR) is 49.3 cm³/mol. The van der Waals surface area contributed by atoms with Crippen molar-refractivity contribution < 1.29 is 44.4 Å². The van der Waals surface area contributed by atoms with E-state index >= 15 is 0 Å². The Morgan fingerprint density at radius 2 is 1.12 bits per heavy atom. The first kappa shape index (κ1) is 16.7. The second-order valence-electron chi connectivity index (χ2n) is 2.31. The molecule has 0 aromatic rings. The molecule has 0 heterocycles. The molecule has 0 saturated heterocycles. The molecule has 9 heteroatoms. The SMILES string of the molecule is O=C(O)/C=C/C(=O)O.O=C(O)CC(=O)C(=O)O. The first-order valence-corrected chi connectivity index (χ1v) is 3.78. The summed E-state index contributed by atoms with van der Waals surface area (Å²) in [6.45, 7) is 0. The zero-order valence-electron chi connectivity index (χ0n) is 8.19. The minimum atomic E-state index is -1.71. The Kier molecular flexibility index (Phi) is 8.44. The lowest BCUT2D eigenvalue weighted by Gasteiger charge is -1.85. The monoisotopic (exact) mass is 248 g/mol. The third kappa shape index (κ3) is 16.0. The Morgan fingerprint density at radius 3 is 1.24 bits per heavy atom. The Labute approximate surface area is 93.6 Å². The minimum absolute atomic E-state index is 0.558. The van der Waals surface area contributed by atoms with Crippen LogP contribution in [-0.4, -0.2) is 50.1 Å². The summed E-state index contributed by atoms with van der Waals surface area (Å²) in [5.41, 5.74) is 0. The molecule has 0 aromatic heterocycles. The van der Waals surface area contributed by atoms with E-state index < -0.39 is 36.1 Å². The van der Waals surface area contributed by atoms with Gasteiger partial charge in [0.05, 0.1) is 0 Å². The van der Waals surface area contributed by atoms with Crippen molar-refractivity contribution in [3.8, 4) is 0 Å². The number of hydrogen-bond acceptors (Lipinski definition) is 5. The van der Waals surface area contributed by atoms with Crippen LogP contribution in [0.5, 0.6) is 0 Å². The molecule has 4 N–H and O–H groups in total. The molecule has 0 bridgehead atoms. The maximum Gasteiger partial charge on any atom is 0.372 e. The first-order valence-electron chi connectivity index (χ1n) is 3.78. The zero-order chi connectivity index (χ0) is 14.0. The molecule has 9 nitrogen and oxygen atoms in total. The second kappa shape index (κ2) is 8.59. The lowest BCUT2D eigenvalue weighted by atomic mass is 10.3. The Morgan fingerprint density at radius 1 is 0.765 bits per heavy atom. The van der Waals surface area contributed by atoms with E-state index in [1.54, 1.807) is 0 Å². The number of hydrogen-bond donors (Lipinski definition) is 4. The van der Waals surface area contributed by atoms with Crippen molar-refractivity contribution in [2.75, 3.05) is 0 Å². The lowest BCUT2D eigenvalue weighted by Crippen LogP contribution is -2.16. The van der Waals surface area contributed by atoms with Gasteiger partial charge in [0, 0.05) is 12.2 Å². The van der Waals surface area contributed by atoms with Gasteiger partial charge in [0.25, 0.3) is 5.78 Å². The molecule has 0 fully saturated rings. The third-order valence-electron chi connectivity index (χ3n) is 0.919. The molecule has 0 aliphatic rings. The topological polar surface area (TPSA) is 166 Å². The maximum absolute atomic E-state index is 9.97. The lowest BCUT2D eigenvalue weighted by molar-refractivity contribution is -0.152. The Bertz CT molecular complexity index is 349. The van der Waals surface area contributed by atoms with Crippen molar-refractivity contribution in [2.45, 2.75) is 6.42 Å². The molecular weight excluding hydrogens is 240 g/mol. The number of carboxylic acid groups (broad SMARTS) is 4. The molecule has 0 atom stereocenters. The van der Waals surface area contributed by atoms with E-state index in [1.165, 1.54) is 0 Å². The van der Waals surface area contributed by atoms with Crippen LogP contribution in [0, 0.1) is 0 Å². The summed E-state index contributed by atoms with van der Waals surface area (Å²) in [4.78, 5) is 48.3. The van der Waals surface area contributed by atoms with Gasteiger partial charge in [0.15, 0.2) is 0 Å². The van der Waals surface area contributed by atoms with Crippen molar-refractivity contribution in [1.82, 2.24) is 0 Å². The highest BCUT2D eigenvalue weighted by Crippen LogP contribution is 1.81. The Hall–Kier alpha value is -2.71. The molecule has 94 valence electrons. The molecule has 0 amide bonds. The maximum atomic E-state index is 9.97. The van der Waals surface area contributed by atoms with Gasteiger partial charge in [-0.05, 0) is 0 Å². The van der Waals surface area contributed by atoms with Gasteiger partial charge in [-0.2, -0.15) is 0 Å². The summed E-state index contributed by atoms with van der Waals surface area (Å²) in [5.74, 6) is -6.96. The summed E-state index contributed by atoms with van der Waals surface area (Å²) in [5, 5.41) is 31.3. The number of rotatable bonds is 5. The molecule has 0 aromatic carbocycles. The van der Waals surface area contributed by atoms with Crippen LogP contribution in [0.1, 0.15) is 6.42 Å². The van der Waals surface area contributed by atoms with Crippen molar-refractivity contribution >= 4 is 29.7 Å². The molecule has 0 saturated carbocycles. The van der Waals surface area contributed by atoms with Gasteiger partial charge in [-0.1, -0.05) is 0 Å². The fraction of sp³-hybridized carbons (Fsp3) is 0.125. The van der Waals surface area contributed by atoms with Crippen LogP contribution in [0.15, 0.2) is 12.2 Å². The normalized spacial score (nSPS) is 8.94. The van der Waals surface area contributed by atoms with Crippen LogP contribution in [0.4, 0.5) is 0 Å². The van der Waals surface area contributed by atoms with Gasteiger partial charge < -0.3 is 20.4 Å². The van der Waals surface area contributed by atoms with Crippen LogP contribution in [0.25, 0.3) is 0 Å². The van der Waals surface area contributed by atoms with E-state index in [-0.39, 0.29) is 0 Å². The van der Waals surface area contributed by atoms with Gasteiger partial charge >= 0.3 is 23.9 Å². The molecule has 17 heavy (non-hydrogen) atoms. The van der Waals surface area contributed by atoms with Gasteiger partial charge in [0.2, 0.25) is 0 Å². The third-order valence-corrected chi connectivity index (χ3v) is 0.919. The van der Waals surface area contributed by atoms with Crippen molar-refractivity contribution in [1.29, 1.82) is 0 Å². The van der Waals surface area contributed by atoms with Gasteiger partial charge in [0.1, 0.15) is 6.42 Å². The largest absolute Gasteiger partial charge is 0.481 e. The van der Waals surface area contributed by atoms with Gasteiger partial charge in [-0.3, -0.25) is 9.59 Å². The molecule has 0 spiro atoms. The quantitative estimate of drug-likeness (QED) is 0.266. The summed E-state index contributed by atoms with van der Waals surface area (Å²) in [6, 6.07) is 0. The number of Topliss-reactive ketones (excluding diaryl/α,β-unsaturated/α-hetero) is 1. The van der Waals surface area contributed by atoms with E-state index in [0.717, 1.165) is 0 Å². The number of carbonyl (C=O) groups is 5. The average molecular weight is 248 g/mol. The number of carboxylic acids is 4. The molecular formula is C8H8O9. The fourth-order valence-corrected chi connectivity index (χ4v) is 0.356. The molecule has 0 aliphatic carbocycles. The minimum Gasteiger partial charge on any atom is -0.481 e. The smallest absolute Gasteiger partial charge is 0.372 e. The average Bonchev–Trinajstić information content (AvgIpc) is 2.14. The van der Waals surface area contributed by atoms with Crippen LogP contribution in [-0.2, 0) is 24.0 Å². The predicted octanol–water partition coefficient (Wildman–Crippen LogP) is -1.17. The van der Waals surface area contributed by atoms with Crippen LogP contribution >= 0.6 is 0 Å². The highest BCUT2D eigenvalue weighted by molar-refractivity contribution is 6.35. The van der Waals surface area contributed by atoms with E-state index in [0.29, 0.717) is 12.2 Å². The van der Waals surface area contributed by atoms with Gasteiger partial charge in [-0.15, -0.1) is 0 Å². The first-order chi connectivity index (χ1) is 7.66. The summed E-state index contributed by atoms with van der Waals surface area (Å²) >= 11 is 0. The van der Waals surface area contributed by atoms with E-state index in [9.17, 15) is 24.0 Å². The Balaban J connectivity index is 0. The van der Waals surface area contributed by atoms with Crippen molar-refractivity contribution in [3.05, 3.63) is 12.2 Å².